The van der Waals surface area contributed by atoms with Crippen molar-refractivity contribution in [3.05, 3.63) is 34.3 Å². The topological polar surface area (TPSA) is 38.8 Å². The van der Waals surface area contributed by atoms with E-state index in [9.17, 15) is 13.6 Å². The molecule has 4 nitrogen and oxygen atoms in total. The monoisotopic (exact) mass is 449 g/mol. The van der Waals surface area contributed by atoms with Crippen molar-refractivity contribution in [2.45, 2.75) is 84.6 Å². The average Bonchev–Trinajstić information content (AvgIpc) is 2.51. The zero-order chi connectivity index (χ0) is 22.6. The highest BCUT2D eigenvalue weighted by Crippen LogP contribution is 2.34. The molecule has 1 rings (SSSR count). The summed E-state index contributed by atoms with van der Waals surface area (Å²) in [6.07, 6.45) is -3.43. The van der Waals surface area contributed by atoms with Crippen LogP contribution in [0, 0.1) is 0 Å². The van der Waals surface area contributed by atoms with E-state index >= 15 is 0 Å². The number of carbonyl (C=O) groups is 1. The molecule has 29 heavy (non-hydrogen) atoms. The minimum Gasteiger partial charge on any atom is -0.444 e. The Bertz CT molecular complexity index is 700. The van der Waals surface area contributed by atoms with Crippen LogP contribution in [0.3, 0.4) is 0 Å². The Labute approximate surface area is 180 Å². The van der Waals surface area contributed by atoms with Gasteiger partial charge in [0.15, 0.2) is 9.76 Å². The van der Waals surface area contributed by atoms with Gasteiger partial charge in [-0.25, -0.2) is 13.6 Å². The summed E-state index contributed by atoms with van der Waals surface area (Å²) in [7, 11) is -0.838. The van der Waals surface area contributed by atoms with E-state index in [4.69, 9.17) is 20.8 Å². The highest BCUT2D eigenvalue weighted by Gasteiger charge is 2.28. The maximum Gasteiger partial charge on any atom is 0.410 e. The van der Waals surface area contributed by atoms with Gasteiger partial charge in [0.05, 0.1) is 12.1 Å². The average molecular weight is 450 g/mol. The predicted molar refractivity (Wildman–Crippen MR) is 116 cm³/mol. The van der Waals surface area contributed by atoms with Gasteiger partial charge in [0.2, 0.25) is 0 Å². The van der Waals surface area contributed by atoms with Crippen LogP contribution in [0.25, 0.3) is 0 Å². The van der Waals surface area contributed by atoms with E-state index in [2.05, 4.69) is 20.8 Å². The number of hydrogen-bond donors (Lipinski definition) is 0. The van der Waals surface area contributed by atoms with Crippen molar-refractivity contribution in [3.8, 4) is 0 Å². The molecule has 0 bridgehead atoms. The molecule has 0 aliphatic heterocycles. The normalized spacial score (nSPS) is 13.4. The molecule has 8 heteroatoms. The number of ether oxygens (including phenoxy) is 1. The molecule has 0 spiro atoms. The van der Waals surface area contributed by atoms with Crippen LogP contribution in [0.1, 0.15) is 66.5 Å². The third-order valence-electron chi connectivity index (χ3n) is 3.93. The summed E-state index contributed by atoms with van der Waals surface area (Å²) in [6.45, 7) is 14.7. The number of alkyl halides is 2. The van der Waals surface area contributed by atoms with E-state index in [1.807, 2.05) is 19.9 Å². The molecule has 0 unspecified atom stereocenters. The molecule has 0 N–H and O–H groups in total. The Morgan fingerprint density at radius 2 is 1.72 bits per heavy atom. The number of carbonyl (C=O) groups excluding carboxylic acids is 1. The molecule has 1 aromatic carbocycles. The van der Waals surface area contributed by atoms with Crippen LogP contribution in [0.15, 0.2) is 18.2 Å². The van der Waals surface area contributed by atoms with Crippen molar-refractivity contribution in [2.24, 2.45) is 0 Å². The fourth-order valence-corrected chi connectivity index (χ4v) is 3.82. The van der Waals surface area contributed by atoms with E-state index in [0.717, 1.165) is 10.5 Å². The second-order valence-electron chi connectivity index (χ2n) is 9.93. The first-order chi connectivity index (χ1) is 13.0. The van der Waals surface area contributed by atoms with E-state index < -0.39 is 40.0 Å². The van der Waals surface area contributed by atoms with Gasteiger partial charge in [0.1, 0.15) is 5.60 Å². The van der Waals surface area contributed by atoms with Crippen molar-refractivity contribution in [3.63, 3.8) is 0 Å². The molecular weight excluding hydrogens is 416 g/mol. The Kier molecular flexibility index (Phi) is 8.69. The smallest absolute Gasteiger partial charge is 0.410 e. The lowest BCUT2D eigenvalue weighted by molar-refractivity contribution is 0.00816. The summed E-state index contributed by atoms with van der Waals surface area (Å²) in [5.74, 6) is 0. The Hall–Kier alpha value is -1.18. The third kappa shape index (κ3) is 9.44. The Morgan fingerprint density at radius 1 is 1.14 bits per heavy atom. The van der Waals surface area contributed by atoms with E-state index in [-0.39, 0.29) is 11.6 Å². The number of hydrogen-bond acceptors (Lipinski definition) is 3. The quantitative estimate of drug-likeness (QED) is 0.486. The van der Waals surface area contributed by atoms with Gasteiger partial charge in [-0.3, -0.25) is 4.90 Å². The van der Waals surface area contributed by atoms with Crippen molar-refractivity contribution in [1.82, 2.24) is 4.90 Å². The van der Waals surface area contributed by atoms with Crippen LogP contribution in [0.2, 0.25) is 10.1 Å². The minimum absolute atomic E-state index is 0.00377. The Morgan fingerprint density at radius 3 is 2.21 bits per heavy atom. The zero-order valence-corrected chi connectivity index (χ0v) is 20.9. The molecule has 0 aromatic heterocycles. The van der Waals surface area contributed by atoms with Crippen LogP contribution in [-0.4, -0.2) is 39.3 Å². The fourth-order valence-electron chi connectivity index (χ4n) is 2.52. The highest BCUT2D eigenvalue weighted by molar-refractivity contribution is 6.32. The van der Waals surface area contributed by atoms with Crippen LogP contribution in [-0.2, 0) is 21.3 Å². The lowest BCUT2D eigenvalue weighted by atomic mass is 9.96. The molecule has 0 aliphatic rings. The number of amides is 1. The molecule has 0 heterocycles. The minimum atomic E-state index is -2.66. The van der Waals surface area contributed by atoms with Crippen molar-refractivity contribution in [2.75, 3.05) is 6.54 Å². The van der Waals surface area contributed by atoms with Gasteiger partial charge in [-0.2, -0.15) is 0 Å². The van der Waals surface area contributed by atoms with Crippen LogP contribution < -0.4 is 0 Å². The van der Waals surface area contributed by atoms with Crippen molar-refractivity contribution < 1.29 is 22.7 Å². The lowest BCUT2D eigenvalue weighted by Gasteiger charge is -2.32. The summed E-state index contributed by atoms with van der Waals surface area (Å²) < 4.78 is 37.6. The molecule has 166 valence electrons. The van der Waals surface area contributed by atoms with Crippen molar-refractivity contribution in [1.29, 1.82) is 0 Å². The first-order valence-corrected chi connectivity index (χ1v) is 11.4. The maximum absolute atomic E-state index is 13.0. The molecule has 0 aliphatic carbocycles. The second kappa shape index (κ2) is 9.75. The first kappa shape index (κ1) is 25.9. The van der Waals surface area contributed by atoms with Crippen LogP contribution in [0.5, 0.6) is 0 Å². The summed E-state index contributed by atoms with van der Waals surface area (Å²) in [5.41, 5.74) is 0.0712. The number of halogens is 3. The molecule has 0 radical (unpaired) electrons. The molecule has 1 aromatic rings. The van der Waals surface area contributed by atoms with Crippen LogP contribution in [0.4, 0.5) is 13.6 Å². The first-order valence-electron chi connectivity index (χ1n) is 9.69. The molecular formula is C21H34ClF2NO3Si. The standard InChI is InChI=1S/C21H34ClF2NO3Si/c1-19(2,3)27-18(26)25(13-17(23)24)12-14-9-10-16(22)15(11-14)21(7,8)28-29-20(4,5)6/h9-11,17H,12-13,29H2,1-8H3. The van der Waals surface area contributed by atoms with Gasteiger partial charge in [0, 0.05) is 17.1 Å². The number of rotatable bonds is 7. The van der Waals surface area contributed by atoms with E-state index in [0.29, 0.717) is 10.6 Å². The lowest BCUT2D eigenvalue weighted by Crippen LogP contribution is -2.39. The predicted octanol–water partition coefficient (Wildman–Crippen LogP) is 5.90. The SMILES string of the molecule is CC(C)(C)OC(=O)N(Cc1ccc(Cl)c(C(C)(C)O[SiH2]C(C)(C)C)c1)CC(F)F. The largest absolute Gasteiger partial charge is 0.444 e. The second-order valence-corrected chi connectivity index (χ2v) is 13.0. The zero-order valence-electron chi connectivity index (χ0n) is 18.7. The van der Waals surface area contributed by atoms with E-state index in [1.165, 1.54) is 0 Å². The molecule has 0 atom stereocenters. The maximum atomic E-state index is 13.0. The fraction of sp³-hybridized carbons (Fsp3) is 0.667. The summed E-state index contributed by atoms with van der Waals surface area (Å²) in [6, 6.07) is 5.26. The summed E-state index contributed by atoms with van der Waals surface area (Å²) in [4.78, 5) is 13.4. The van der Waals surface area contributed by atoms with Gasteiger partial charge < -0.3 is 9.16 Å². The summed E-state index contributed by atoms with van der Waals surface area (Å²) in [5, 5.41) is 0.658. The van der Waals surface area contributed by atoms with Gasteiger partial charge in [0.25, 0.3) is 6.43 Å². The van der Waals surface area contributed by atoms with Crippen LogP contribution >= 0.6 is 11.6 Å². The molecule has 0 fully saturated rings. The van der Waals surface area contributed by atoms with Gasteiger partial charge in [-0.1, -0.05) is 38.4 Å². The highest BCUT2D eigenvalue weighted by atomic mass is 35.5. The van der Waals surface area contributed by atoms with E-state index in [1.54, 1.807) is 32.9 Å². The third-order valence-corrected chi connectivity index (χ3v) is 5.99. The summed E-state index contributed by atoms with van der Waals surface area (Å²) >= 11 is 6.41. The van der Waals surface area contributed by atoms with Crippen molar-refractivity contribution >= 4 is 27.5 Å². The Balaban J connectivity index is 3.10. The number of nitrogens with zero attached hydrogens (tertiary/aromatic N) is 1. The molecule has 0 saturated carbocycles. The van der Waals surface area contributed by atoms with Gasteiger partial charge in [-0.15, -0.1) is 0 Å². The molecule has 1 amide bonds. The number of benzene rings is 1. The van der Waals surface area contributed by atoms with Gasteiger partial charge >= 0.3 is 6.09 Å². The molecule has 0 saturated heterocycles. The van der Waals surface area contributed by atoms with Gasteiger partial charge in [-0.05, 0) is 57.4 Å².